The highest BCUT2D eigenvalue weighted by atomic mass is 32.2. The number of rotatable bonds is 2. The fourth-order valence-electron chi connectivity index (χ4n) is 2.06. The summed E-state index contributed by atoms with van der Waals surface area (Å²) in [5.41, 5.74) is -0.315. The molecule has 1 aliphatic rings. The molecule has 0 aliphatic carbocycles. The van der Waals surface area contributed by atoms with Crippen LogP contribution in [-0.4, -0.2) is 61.6 Å². The number of nitrogens with zero attached hydrogens (tertiary/aromatic N) is 2. The normalized spacial score (nSPS) is 21.6. The van der Waals surface area contributed by atoms with E-state index in [0.29, 0.717) is 13.0 Å². The smallest absolute Gasteiger partial charge is 0.317 e. The standard InChI is InChI=1S/C12H25N3O3S/c1-12(2,3)13-11(16)15-8-6-7-10(9-15)19(17,18)14(4)5/h10H,6-9H2,1-5H3,(H,13,16). The number of hydrogen-bond acceptors (Lipinski definition) is 3. The van der Waals surface area contributed by atoms with Gasteiger partial charge in [0.2, 0.25) is 10.0 Å². The molecule has 112 valence electrons. The molecule has 0 aromatic rings. The number of sulfonamides is 1. The summed E-state index contributed by atoms with van der Waals surface area (Å²) in [6.07, 6.45) is 1.33. The van der Waals surface area contributed by atoms with Crippen molar-refractivity contribution < 1.29 is 13.2 Å². The second kappa shape index (κ2) is 5.66. The summed E-state index contributed by atoms with van der Waals surface area (Å²) in [4.78, 5) is 13.7. The SMILES string of the molecule is CN(C)S(=O)(=O)C1CCCN(C(=O)NC(C)(C)C)C1. The van der Waals surface area contributed by atoms with Crippen LogP contribution >= 0.6 is 0 Å². The highest BCUT2D eigenvalue weighted by molar-refractivity contribution is 7.89. The minimum Gasteiger partial charge on any atom is -0.333 e. The van der Waals surface area contributed by atoms with Crippen LogP contribution in [0.5, 0.6) is 0 Å². The van der Waals surface area contributed by atoms with Crippen molar-refractivity contribution in [2.24, 2.45) is 0 Å². The van der Waals surface area contributed by atoms with E-state index in [1.165, 1.54) is 18.4 Å². The fraction of sp³-hybridized carbons (Fsp3) is 0.917. The third-order valence-electron chi connectivity index (χ3n) is 3.08. The summed E-state index contributed by atoms with van der Waals surface area (Å²) < 4.78 is 25.5. The van der Waals surface area contributed by atoms with Crippen molar-refractivity contribution in [3.8, 4) is 0 Å². The van der Waals surface area contributed by atoms with Crippen molar-refractivity contribution in [2.75, 3.05) is 27.2 Å². The molecule has 6 nitrogen and oxygen atoms in total. The topological polar surface area (TPSA) is 69.7 Å². The van der Waals surface area contributed by atoms with Crippen LogP contribution < -0.4 is 5.32 Å². The van der Waals surface area contributed by atoms with Crippen LogP contribution in [0.3, 0.4) is 0 Å². The average molecular weight is 291 g/mol. The molecular weight excluding hydrogens is 266 g/mol. The molecule has 0 bridgehead atoms. The number of carbonyl (C=O) groups is 1. The maximum absolute atomic E-state index is 12.1. The van der Waals surface area contributed by atoms with Gasteiger partial charge < -0.3 is 10.2 Å². The monoisotopic (exact) mass is 291 g/mol. The van der Waals surface area contributed by atoms with E-state index in [9.17, 15) is 13.2 Å². The summed E-state index contributed by atoms with van der Waals surface area (Å²) in [5, 5.41) is 2.37. The Labute approximate surface area is 116 Å². The lowest BCUT2D eigenvalue weighted by atomic mass is 10.1. The van der Waals surface area contributed by atoms with Gasteiger partial charge in [0.25, 0.3) is 0 Å². The predicted octanol–water partition coefficient (Wildman–Crippen LogP) is 0.850. The van der Waals surface area contributed by atoms with E-state index in [4.69, 9.17) is 0 Å². The molecule has 7 heteroatoms. The molecule has 0 saturated carbocycles. The Hall–Kier alpha value is -0.820. The van der Waals surface area contributed by atoms with E-state index in [2.05, 4.69) is 5.32 Å². The zero-order chi connectivity index (χ0) is 14.8. The van der Waals surface area contributed by atoms with Crippen LogP contribution in [0.1, 0.15) is 33.6 Å². The van der Waals surface area contributed by atoms with Crippen molar-refractivity contribution in [3.05, 3.63) is 0 Å². The number of hydrogen-bond donors (Lipinski definition) is 1. The van der Waals surface area contributed by atoms with Crippen LogP contribution in [0.4, 0.5) is 4.79 Å². The van der Waals surface area contributed by atoms with E-state index in [1.807, 2.05) is 20.8 Å². The molecule has 1 saturated heterocycles. The second-order valence-electron chi connectivity index (χ2n) is 6.22. The van der Waals surface area contributed by atoms with Crippen molar-refractivity contribution in [2.45, 2.75) is 44.4 Å². The lowest BCUT2D eigenvalue weighted by Gasteiger charge is -2.35. The van der Waals surface area contributed by atoms with Gasteiger partial charge in [0.05, 0.1) is 5.25 Å². The summed E-state index contributed by atoms with van der Waals surface area (Å²) in [7, 11) is -0.236. The summed E-state index contributed by atoms with van der Waals surface area (Å²) in [5.74, 6) is 0. The van der Waals surface area contributed by atoms with Crippen molar-refractivity contribution in [1.82, 2.24) is 14.5 Å². The summed E-state index contributed by atoms with van der Waals surface area (Å²) in [6.45, 7) is 6.60. The Morgan fingerprint density at radius 2 is 1.89 bits per heavy atom. The highest BCUT2D eigenvalue weighted by Gasteiger charge is 2.34. The van der Waals surface area contributed by atoms with Crippen molar-refractivity contribution in [3.63, 3.8) is 0 Å². The Kier molecular flexibility index (Phi) is 4.84. The summed E-state index contributed by atoms with van der Waals surface area (Å²) in [6, 6.07) is -0.189. The molecule has 1 heterocycles. The van der Waals surface area contributed by atoms with E-state index in [-0.39, 0.29) is 18.1 Å². The van der Waals surface area contributed by atoms with E-state index in [1.54, 1.807) is 4.90 Å². The van der Waals surface area contributed by atoms with Gasteiger partial charge in [0.15, 0.2) is 0 Å². The minimum absolute atomic E-state index is 0.189. The quantitative estimate of drug-likeness (QED) is 0.820. The molecule has 0 spiro atoms. The van der Waals surface area contributed by atoms with Crippen LogP contribution in [0.2, 0.25) is 0 Å². The van der Waals surface area contributed by atoms with E-state index >= 15 is 0 Å². The Morgan fingerprint density at radius 3 is 2.37 bits per heavy atom. The molecule has 0 aromatic carbocycles. The molecule has 2 amide bonds. The number of piperidine rings is 1. The third kappa shape index (κ3) is 4.35. The van der Waals surface area contributed by atoms with Gasteiger partial charge in [-0.15, -0.1) is 0 Å². The molecule has 1 rings (SSSR count). The molecule has 0 aromatic heterocycles. The van der Waals surface area contributed by atoms with E-state index < -0.39 is 15.3 Å². The fourth-order valence-corrected chi connectivity index (χ4v) is 3.49. The van der Waals surface area contributed by atoms with Gasteiger partial charge in [-0.2, -0.15) is 0 Å². The van der Waals surface area contributed by atoms with Crippen molar-refractivity contribution in [1.29, 1.82) is 0 Å². The Balaban J connectivity index is 2.73. The van der Waals surface area contributed by atoms with E-state index in [0.717, 1.165) is 6.42 Å². The van der Waals surface area contributed by atoms with Gasteiger partial charge in [-0.05, 0) is 33.6 Å². The first-order valence-corrected chi connectivity index (χ1v) is 8.03. The predicted molar refractivity (Wildman–Crippen MR) is 75.5 cm³/mol. The zero-order valence-electron chi connectivity index (χ0n) is 12.4. The van der Waals surface area contributed by atoms with Gasteiger partial charge in [-0.25, -0.2) is 17.5 Å². The number of nitrogens with one attached hydrogen (secondary N) is 1. The molecular formula is C12H25N3O3S. The molecule has 1 atom stereocenters. The third-order valence-corrected chi connectivity index (χ3v) is 5.32. The van der Waals surface area contributed by atoms with Crippen LogP contribution in [-0.2, 0) is 10.0 Å². The summed E-state index contributed by atoms with van der Waals surface area (Å²) >= 11 is 0. The number of carbonyl (C=O) groups excluding carboxylic acids is 1. The van der Waals surface area contributed by atoms with Crippen LogP contribution in [0.25, 0.3) is 0 Å². The molecule has 1 N–H and O–H groups in total. The minimum atomic E-state index is -3.30. The van der Waals surface area contributed by atoms with Crippen molar-refractivity contribution >= 4 is 16.1 Å². The Morgan fingerprint density at radius 1 is 1.32 bits per heavy atom. The number of likely N-dealkylation sites (tertiary alicyclic amines) is 1. The van der Waals surface area contributed by atoms with Gasteiger partial charge >= 0.3 is 6.03 Å². The second-order valence-corrected chi connectivity index (χ2v) is 8.64. The largest absolute Gasteiger partial charge is 0.333 e. The molecule has 1 unspecified atom stereocenters. The molecule has 0 radical (unpaired) electrons. The van der Waals surface area contributed by atoms with Gasteiger partial charge in [-0.3, -0.25) is 0 Å². The first-order valence-electron chi connectivity index (χ1n) is 6.52. The maximum atomic E-state index is 12.1. The van der Waals surface area contributed by atoms with Gasteiger partial charge in [-0.1, -0.05) is 0 Å². The average Bonchev–Trinajstić information content (AvgIpc) is 2.26. The molecule has 19 heavy (non-hydrogen) atoms. The van der Waals surface area contributed by atoms with Crippen LogP contribution in [0.15, 0.2) is 0 Å². The Bertz CT molecular complexity index is 426. The molecule has 1 aliphatic heterocycles. The molecule has 1 fully saturated rings. The lowest BCUT2D eigenvalue weighted by molar-refractivity contribution is 0.178. The first kappa shape index (κ1) is 16.2. The highest BCUT2D eigenvalue weighted by Crippen LogP contribution is 2.19. The first-order chi connectivity index (χ1) is 8.54. The van der Waals surface area contributed by atoms with Gasteiger partial charge in [0, 0.05) is 32.7 Å². The number of amides is 2. The zero-order valence-corrected chi connectivity index (χ0v) is 13.2. The number of urea groups is 1. The lowest BCUT2D eigenvalue weighted by Crippen LogP contribution is -2.54. The maximum Gasteiger partial charge on any atom is 0.317 e. The van der Waals surface area contributed by atoms with Gasteiger partial charge in [0.1, 0.15) is 0 Å². The van der Waals surface area contributed by atoms with Crippen LogP contribution in [0, 0.1) is 0 Å².